The predicted molar refractivity (Wildman–Crippen MR) is 75.8 cm³/mol. The molecule has 3 rings (SSSR count). The maximum atomic E-state index is 2.20. The molecule has 1 heteroatoms. The molecular weight excluding hydrogens is 218 g/mol. The maximum Gasteiger partial charge on any atom is 0.175 e. The summed E-state index contributed by atoms with van der Waals surface area (Å²) >= 11 is 0. The van der Waals surface area contributed by atoms with Crippen molar-refractivity contribution in [1.82, 2.24) is 0 Å². The minimum absolute atomic E-state index is 1.21. The summed E-state index contributed by atoms with van der Waals surface area (Å²) in [5, 5.41) is 2.56. The van der Waals surface area contributed by atoms with E-state index in [-0.39, 0.29) is 0 Å². The lowest BCUT2D eigenvalue weighted by Crippen LogP contribution is -2.23. The van der Waals surface area contributed by atoms with E-state index in [2.05, 4.69) is 54.7 Å². The molecule has 0 fully saturated rings. The lowest BCUT2D eigenvalue weighted by molar-refractivity contribution is -0.567. The third-order valence-electron chi connectivity index (χ3n) is 2.95. The number of nitrogens with zero attached hydrogens (tertiary/aromatic N) is 1. The van der Waals surface area contributed by atoms with Crippen molar-refractivity contribution in [3.05, 3.63) is 78.6 Å². The van der Waals surface area contributed by atoms with Gasteiger partial charge in [-0.2, -0.15) is 4.57 Å². The van der Waals surface area contributed by atoms with Crippen molar-refractivity contribution in [1.29, 1.82) is 0 Å². The van der Waals surface area contributed by atoms with E-state index in [1.807, 2.05) is 35.2 Å². The largest absolute Gasteiger partial charge is 0.175 e. The van der Waals surface area contributed by atoms with Gasteiger partial charge in [-0.15, -0.1) is 0 Å². The molecule has 1 aromatic heterocycles. The molecule has 0 atom stereocenters. The molecule has 3 aromatic rings. The summed E-state index contributed by atoms with van der Waals surface area (Å²) in [5.74, 6) is 0. The SMILES string of the molecule is C(=C\[n+]1ccccc1)/c1ccc2ccccc2c1. The number of pyridine rings is 1. The molecule has 0 saturated carbocycles. The summed E-state index contributed by atoms with van der Waals surface area (Å²) in [7, 11) is 0. The molecule has 0 amide bonds. The highest BCUT2D eigenvalue weighted by molar-refractivity contribution is 5.85. The molecule has 0 aliphatic rings. The molecule has 1 heterocycles. The van der Waals surface area contributed by atoms with Crippen molar-refractivity contribution >= 4 is 23.0 Å². The van der Waals surface area contributed by atoms with Crippen LogP contribution in [0.3, 0.4) is 0 Å². The number of fused-ring (bicyclic) bond motifs is 1. The summed E-state index contributed by atoms with van der Waals surface area (Å²) < 4.78 is 2.04. The maximum absolute atomic E-state index is 2.20. The van der Waals surface area contributed by atoms with E-state index < -0.39 is 0 Å². The minimum Gasteiger partial charge on any atom is -0.174 e. The van der Waals surface area contributed by atoms with Crippen molar-refractivity contribution in [3.8, 4) is 0 Å². The number of aromatic nitrogens is 1. The van der Waals surface area contributed by atoms with Crippen molar-refractivity contribution < 1.29 is 4.57 Å². The molecule has 0 unspecified atom stereocenters. The van der Waals surface area contributed by atoms with Crippen LogP contribution in [0, 0.1) is 0 Å². The Kier molecular flexibility index (Phi) is 2.89. The Labute approximate surface area is 107 Å². The van der Waals surface area contributed by atoms with Crippen molar-refractivity contribution in [3.63, 3.8) is 0 Å². The lowest BCUT2D eigenvalue weighted by Gasteiger charge is -1.98. The zero-order valence-electron chi connectivity index (χ0n) is 10.0. The summed E-state index contributed by atoms with van der Waals surface area (Å²) in [6, 6.07) is 21.0. The van der Waals surface area contributed by atoms with Gasteiger partial charge in [-0.25, -0.2) is 0 Å². The number of hydrogen-bond donors (Lipinski definition) is 0. The molecule has 2 aromatic carbocycles. The smallest absolute Gasteiger partial charge is 0.174 e. The summed E-state index contributed by atoms with van der Waals surface area (Å²) in [5.41, 5.74) is 1.21. The van der Waals surface area contributed by atoms with E-state index in [4.69, 9.17) is 0 Å². The Morgan fingerprint density at radius 2 is 1.50 bits per heavy atom. The van der Waals surface area contributed by atoms with Gasteiger partial charge in [0.1, 0.15) is 0 Å². The molecule has 1 nitrogen and oxygen atoms in total. The van der Waals surface area contributed by atoms with Gasteiger partial charge in [0.2, 0.25) is 0 Å². The second kappa shape index (κ2) is 4.84. The van der Waals surface area contributed by atoms with Gasteiger partial charge in [0, 0.05) is 18.2 Å². The third-order valence-corrected chi connectivity index (χ3v) is 2.95. The fourth-order valence-corrected chi connectivity index (χ4v) is 1.99. The fraction of sp³-hybridized carbons (Fsp3) is 0. The molecule has 0 aliphatic heterocycles. The van der Waals surface area contributed by atoms with Crippen LogP contribution in [0.4, 0.5) is 0 Å². The van der Waals surface area contributed by atoms with E-state index in [0.717, 1.165) is 0 Å². The van der Waals surface area contributed by atoms with E-state index in [1.54, 1.807) is 0 Å². The van der Waals surface area contributed by atoms with Crippen LogP contribution < -0.4 is 4.57 Å². The van der Waals surface area contributed by atoms with Crippen LogP contribution in [0.5, 0.6) is 0 Å². The second-order valence-electron chi connectivity index (χ2n) is 4.25. The highest BCUT2D eigenvalue weighted by Crippen LogP contribution is 2.16. The first-order chi connectivity index (χ1) is 8.92. The Morgan fingerprint density at radius 3 is 2.33 bits per heavy atom. The summed E-state index contributed by atoms with van der Waals surface area (Å²) in [6.07, 6.45) is 8.23. The molecule has 86 valence electrons. The lowest BCUT2D eigenvalue weighted by atomic mass is 10.1. The Balaban J connectivity index is 1.93. The van der Waals surface area contributed by atoms with Gasteiger partial charge in [0.15, 0.2) is 18.6 Å². The molecule has 0 aliphatic carbocycles. The van der Waals surface area contributed by atoms with E-state index in [9.17, 15) is 0 Å². The van der Waals surface area contributed by atoms with E-state index in [1.165, 1.54) is 16.3 Å². The van der Waals surface area contributed by atoms with Crippen LogP contribution in [0.25, 0.3) is 23.0 Å². The van der Waals surface area contributed by atoms with Crippen LogP contribution in [0.2, 0.25) is 0 Å². The van der Waals surface area contributed by atoms with Gasteiger partial charge in [-0.3, -0.25) is 0 Å². The first-order valence-corrected chi connectivity index (χ1v) is 6.05. The average Bonchev–Trinajstić information content (AvgIpc) is 2.46. The van der Waals surface area contributed by atoms with Crippen LogP contribution in [0.1, 0.15) is 5.56 Å². The standard InChI is InChI=1S/C17H14N/c1-4-11-18(12-5-1)13-10-15-8-9-16-6-2-3-7-17(16)14-15/h1-14H/q+1/b13-10+. The number of benzene rings is 2. The van der Waals surface area contributed by atoms with Gasteiger partial charge in [-0.05, 0) is 22.4 Å². The number of rotatable bonds is 2. The van der Waals surface area contributed by atoms with Gasteiger partial charge in [0.05, 0.1) is 0 Å². The van der Waals surface area contributed by atoms with Gasteiger partial charge >= 0.3 is 0 Å². The highest BCUT2D eigenvalue weighted by atomic mass is 14.9. The van der Waals surface area contributed by atoms with Crippen LogP contribution in [-0.4, -0.2) is 0 Å². The van der Waals surface area contributed by atoms with Crippen LogP contribution in [0.15, 0.2) is 73.1 Å². The Bertz CT molecular complexity index is 684. The van der Waals surface area contributed by atoms with Gasteiger partial charge in [0.25, 0.3) is 0 Å². The molecule has 0 saturated heterocycles. The van der Waals surface area contributed by atoms with Crippen LogP contribution in [-0.2, 0) is 0 Å². The zero-order valence-corrected chi connectivity index (χ0v) is 10.0. The monoisotopic (exact) mass is 232 g/mol. The van der Waals surface area contributed by atoms with Gasteiger partial charge < -0.3 is 0 Å². The predicted octanol–water partition coefficient (Wildman–Crippen LogP) is 3.76. The van der Waals surface area contributed by atoms with E-state index in [0.29, 0.717) is 0 Å². The third kappa shape index (κ3) is 2.30. The average molecular weight is 232 g/mol. The highest BCUT2D eigenvalue weighted by Gasteiger charge is 1.95. The normalized spacial score (nSPS) is 11.1. The van der Waals surface area contributed by atoms with Crippen molar-refractivity contribution in [2.75, 3.05) is 0 Å². The fourth-order valence-electron chi connectivity index (χ4n) is 1.99. The molecular formula is C17H14N+. The minimum atomic E-state index is 1.21. The molecule has 18 heavy (non-hydrogen) atoms. The Morgan fingerprint density at radius 1 is 0.722 bits per heavy atom. The second-order valence-corrected chi connectivity index (χ2v) is 4.25. The molecule has 0 spiro atoms. The zero-order chi connectivity index (χ0) is 12.2. The first-order valence-electron chi connectivity index (χ1n) is 6.05. The van der Waals surface area contributed by atoms with Gasteiger partial charge in [-0.1, -0.05) is 42.5 Å². The quantitative estimate of drug-likeness (QED) is 0.592. The van der Waals surface area contributed by atoms with E-state index >= 15 is 0 Å². The molecule has 0 radical (unpaired) electrons. The topological polar surface area (TPSA) is 3.88 Å². The summed E-state index contributed by atoms with van der Waals surface area (Å²) in [4.78, 5) is 0. The Hall–Kier alpha value is -2.41. The van der Waals surface area contributed by atoms with Crippen LogP contribution >= 0.6 is 0 Å². The molecule has 0 N–H and O–H groups in total. The number of hydrogen-bond acceptors (Lipinski definition) is 0. The van der Waals surface area contributed by atoms with Crippen molar-refractivity contribution in [2.45, 2.75) is 0 Å². The molecule has 0 bridgehead atoms. The van der Waals surface area contributed by atoms with Crippen molar-refractivity contribution in [2.24, 2.45) is 0 Å². The summed E-state index contributed by atoms with van der Waals surface area (Å²) in [6.45, 7) is 0. The first kappa shape index (κ1) is 10.7.